The Morgan fingerprint density at radius 2 is 2.00 bits per heavy atom. The van der Waals surface area contributed by atoms with E-state index in [-0.39, 0.29) is 18.9 Å². The number of amides is 1. The van der Waals surface area contributed by atoms with Crippen LogP contribution >= 0.6 is 7.55 Å². The summed E-state index contributed by atoms with van der Waals surface area (Å²) in [6, 6.07) is 9.15. The maximum absolute atomic E-state index is 12.3. The third kappa shape index (κ3) is 4.87. The Morgan fingerprint density at radius 1 is 1.22 bits per heavy atom. The predicted molar refractivity (Wildman–Crippen MR) is 150 cm³/mol. The van der Waals surface area contributed by atoms with Crippen LogP contribution in [-0.4, -0.2) is 65.0 Å². The summed E-state index contributed by atoms with van der Waals surface area (Å²) in [4.78, 5) is 16.8. The molecule has 0 saturated carbocycles. The first-order valence-corrected chi connectivity index (χ1v) is 15.4. The van der Waals surface area contributed by atoms with Crippen LogP contribution in [0.15, 0.2) is 24.3 Å². The normalized spacial score (nSPS) is 22.8. The van der Waals surface area contributed by atoms with Crippen LogP contribution in [0.4, 0.5) is 11.5 Å². The molecule has 5 rings (SSSR count). The summed E-state index contributed by atoms with van der Waals surface area (Å²) in [5.74, 6) is 1.78. The first-order chi connectivity index (χ1) is 17.1. The zero-order chi connectivity index (χ0) is 25.6. The van der Waals surface area contributed by atoms with Crippen molar-refractivity contribution in [1.29, 1.82) is 0 Å². The number of benzene rings is 1. The molecule has 6 nitrogen and oxygen atoms in total. The van der Waals surface area contributed by atoms with Crippen LogP contribution in [-0.2, 0) is 28.9 Å². The van der Waals surface area contributed by atoms with E-state index in [2.05, 4.69) is 68.2 Å². The number of nitrogens with zero attached hydrogens (tertiary/aromatic N) is 4. The molecule has 194 valence electrons. The summed E-state index contributed by atoms with van der Waals surface area (Å²) >= 11 is 0. The van der Waals surface area contributed by atoms with Gasteiger partial charge in [0.15, 0.2) is 5.82 Å². The molecule has 1 aromatic heterocycles. The maximum Gasteiger partial charge on any atom is 0.219 e. The second kappa shape index (κ2) is 9.95. The number of carbonyl (C=O) groups excluding carboxylic acids is 1. The van der Waals surface area contributed by atoms with Crippen molar-refractivity contribution in [1.82, 2.24) is 14.7 Å². The van der Waals surface area contributed by atoms with Crippen LogP contribution in [0.1, 0.15) is 63.9 Å². The topological polar surface area (TPSA) is 50.6 Å². The van der Waals surface area contributed by atoms with Gasteiger partial charge in [-0.2, -0.15) is 5.10 Å². The molecule has 3 aliphatic heterocycles. The highest BCUT2D eigenvalue weighted by Crippen LogP contribution is 2.42. The molecule has 1 fully saturated rings. The lowest BCUT2D eigenvalue weighted by molar-refractivity contribution is -0.129. The number of carbonyl (C=O) groups is 1. The lowest BCUT2D eigenvalue weighted by Crippen LogP contribution is -2.37. The minimum absolute atomic E-state index is 0.144. The van der Waals surface area contributed by atoms with Gasteiger partial charge in [0.1, 0.15) is 6.16 Å². The molecule has 0 bridgehead atoms. The van der Waals surface area contributed by atoms with E-state index in [1.54, 1.807) is 12.2 Å². The first-order valence-electron chi connectivity index (χ1n) is 13.5. The minimum Gasteiger partial charge on any atom is -0.379 e. The third-order valence-corrected chi connectivity index (χ3v) is 11.3. The van der Waals surface area contributed by atoms with Gasteiger partial charge >= 0.3 is 0 Å². The number of hydrogen-bond donors (Lipinski definition) is 0. The average molecular weight is 510 g/mol. The highest BCUT2D eigenvalue weighted by Gasteiger charge is 2.36. The average Bonchev–Trinajstić information content (AvgIpc) is 3.50. The second-order valence-corrected chi connectivity index (χ2v) is 14.4. The fraction of sp³-hybridized carbons (Fsp3) is 0.621. The molecule has 4 heterocycles. The van der Waals surface area contributed by atoms with Crippen molar-refractivity contribution < 1.29 is 9.53 Å². The van der Waals surface area contributed by atoms with Crippen molar-refractivity contribution in [2.24, 2.45) is 11.3 Å². The largest absolute Gasteiger partial charge is 0.379 e. The molecule has 0 N–H and O–H groups in total. The summed E-state index contributed by atoms with van der Waals surface area (Å²) in [6.07, 6.45) is 4.22. The van der Waals surface area contributed by atoms with Crippen molar-refractivity contribution in [2.75, 3.05) is 44.0 Å². The van der Waals surface area contributed by atoms with Gasteiger partial charge in [0, 0.05) is 61.3 Å². The van der Waals surface area contributed by atoms with E-state index in [1.165, 1.54) is 28.7 Å². The fourth-order valence-corrected chi connectivity index (χ4v) is 8.47. The lowest BCUT2D eigenvalue weighted by atomic mass is 9.93. The molecular weight excluding hydrogens is 467 g/mol. The zero-order valence-electron chi connectivity index (χ0n) is 22.9. The number of aromatic nitrogens is 2. The van der Waals surface area contributed by atoms with Gasteiger partial charge < -0.3 is 14.5 Å². The molecule has 7 heteroatoms. The number of ether oxygens (including phenoxy) is 1. The Bertz CT molecular complexity index is 1170. The Hall–Kier alpha value is -2.17. The van der Waals surface area contributed by atoms with Gasteiger partial charge in [0.05, 0.1) is 38.7 Å². The van der Waals surface area contributed by atoms with Crippen molar-refractivity contribution in [3.05, 3.63) is 41.1 Å². The van der Waals surface area contributed by atoms with Gasteiger partial charge in [-0.05, 0) is 31.4 Å². The molecular formula is C29H42N4O2P+. The SMILES string of the molecule is CC(=O)N1CCc2c(c(N3CC(C[P+](C)=C(C)C(C)(C)C)Cc4ccccc43)nn2[C@H]2CCOC2)C1. The minimum atomic E-state index is -0.162. The Morgan fingerprint density at radius 3 is 2.69 bits per heavy atom. The molecule has 1 aromatic carbocycles. The summed E-state index contributed by atoms with van der Waals surface area (Å²) in [6.45, 7) is 17.5. The molecule has 0 aliphatic carbocycles. The van der Waals surface area contributed by atoms with Crippen molar-refractivity contribution in [3.8, 4) is 0 Å². The molecule has 1 amide bonds. The van der Waals surface area contributed by atoms with Gasteiger partial charge in [-0.1, -0.05) is 39.0 Å². The number of para-hydroxylation sites is 1. The van der Waals surface area contributed by atoms with E-state index < -0.39 is 0 Å². The number of fused-ring (bicyclic) bond motifs is 2. The van der Waals surface area contributed by atoms with E-state index in [4.69, 9.17) is 9.84 Å². The molecule has 2 aromatic rings. The summed E-state index contributed by atoms with van der Waals surface area (Å²) < 4.78 is 8.00. The molecule has 0 radical (unpaired) electrons. The lowest BCUT2D eigenvalue weighted by Gasteiger charge is -2.35. The van der Waals surface area contributed by atoms with Crippen LogP contribution in [0.3, 0.4) is 0 Å². The molecule has 36 heavy (non-hydrogen) atoms. The standard InChI is InChI=1S/C29H42N4O2P/c1-20(29(3,4)5)36(6)19-22-15-23-9-7-8-10-26(23)32(16-22)28-25-17-31(21(2)34)13-11-27(25)33(30-28)24-12-14-35-18-24/h7-10,22,24H,11-19H2,1-6H3/q+1/t22?,24-/m0/s1. The zero-order valence-corrected chi connectivity index (χ0v) is 23.8. The maximum atomic E-state index is 12.3. The molecule has 2 unspecified atom stereocenters. The highest BCUT2D eigenvalue weighted by atomic mass is 31.1. The van der Waals surface area contributed by atoms with Crippen molar-refractivity contribution in [3.63, 3.8) is 0 Å². The van der Waals surface area contributed by atoms with E-state index in [0.29, 0.717) is 18.5 Å². The Balaban J connectivity index is 1.55. The van der Waals surface area contributed by atoms with Crippen LogP contribution in [0.2, 0.25) is 0 Å². The van der Waals surface area contributed by atoms with Crippen LogP contribution in [0.5, 0.6) is 0 Å². The Kier molecular flexibility index (Phi) is 7.04. The molecule has 1 saturated heterocycles. The molecule has 3 aliphatic rings. The first kappa shape index (κ1) is 25.5. The van der Waals surface area contributed by atoms with Crippen LogP contribution < -0.4 is 4.90 Å². The number of rotatable bonds is 4. The third-order valence-electron chi connectivity index (χ3n) is 8.44. The van der Waals surface area contributed by atoms with Crippen LogP contribution in [0.25, 0.3) is 0 Å². The van der Waals surface area contributed by atoms with Gasteiger partial charge in [0.2, 0.25) is 5.91 Å². The van der Waals surface area contributed by atoms with E-state index in [0.717, 1.165) is 51.4 Å². The molecule has 3 atom stereocenters. The van der Waals surface area contributed by atoms with Gasteiger partial charge in [0.25, 0.3) is 0 Å². The monoisotopic (exact) mass is 509 g/mol. The van der Waals surface area contributed by atoms with E-state index in [9.17, 15) is 4.79 Å². The van der Waals surface area contributed by atoms with Crippen molar-refractivity contribution >= 4 is 30.3 Å². The van der Waals surface area contributed by atoms with Gasteiger partial charge in [-0.3, -0.25) is 9.48 Å². The highest BCUT2D eigenvalue weighted by molar-refractivity contribution is 7.58. The smallest absolute Gasteiger partial charge is 0.219 e. The van der Waals surface area contributed by atoms with Gasteiger partial charge in [-0.15, -0.1) is 0 Å². The van der Waals surface area contributed by atoms with Crippen LogP contribution in [0, 0.1) is 11.3 Å². The summed E-state index contributed by atoms with van der Waals surface area (Å²) in [5, 5.41) is 6.94. The van der Waals surface area contributed by atoms with Gasteiger partial charge in [-0.25, -0.2) is 0 Å². The van der Waals surface area contributed by atoms with E-state index in [1.807, 2.05) is 4.90 Å². The summed E-state index contributed by atoms with van der Waals surface area (Å²) in [5.41, 5.74) is 5.48. The Labute approximate surface area is 217 Å². The van der Waals surface area contributed by atoms with E-state index >= 15 is 0 Å². The predicted octanol–water partition coefficient (Wildman–Crippen LogP) is 5.41. The molecule has 0 spiro atoms. The quantitative estimate of drug-likeness (QED) is 0.517. The number of anilines is 2. The second-order valence-electron chi connectivity index (χ2n) is 11.9. The summed E-state index contributed by atoms with van der Waals surface area (Å²) in [7, 11) is -0.162. The fourth-order valence-electron chi connectivity index (χ4n) is 6.03. The number of hydrogen-bond acceptors (Lipinski definition) is 4. The van der Waals surface area contributed by atoms with Crippen molar-refractivity contribution in [2.45, 2.75) is 66.5 Å².